The normalized spacial score (nSPS) is 34.6. The summed E-state index contributed by atoms with van der Waals surface area (Å²) in [4.78, 5) is 12.7. The van der Waals surface area contributed by atoms with Crippen LogP contribution in [-0.2, 0) is 14.9 Å². The van der Waals surface area contributed by atoms with Gasteiger partial charge in [0.2, 0.25) is 0 Å². The van der Waals surface area contributed by atoms with Crippen molar-refractivity contribution in [3.63, 3.8) is 0 Å². The Kier molecular flexibility index (Phi) is 3.03. The van der Waals surface area contributed by atoms with E-state index in [4.69, 9.17) is 4.74 Å². The highest BCUT2D eigenvalue weighted by atomic mass is 16.5. The van der Waals surface area contributed by atoms with Gasteiger partial charge in [-0.1, -0.05) is 31.2 Å². The molecule has 1 N–H and O–H groups in total. The molecule has 3 atom stereocenters. The first-order valence-corrected chi connectivity index (χ1v) is 9.39. The van der Waals surface area contributed by atoms with Crippen LogP contribution in [-0.4, -0.2) is 43.2 Å². The highest BCUT2D eigenvalue weighted by Gasteiger charge is 2.68. The summed E-state index contributed by atoms with van der Waals surface area (Å²) in [5, 5.41) is 3.64. The summed E-state index contributed by atoms with van der Waals surface area (Å²) < 4.78 is 6.22. The van der Waals surface area contributed by atoms with Gasteiger partial charge < -0.3 is 14.5 Å². The molecule has 0 amide bonds. The largest absolute Gasteiger partial charge is 0.465 e. The summed E-state index contributed by atoms with van der Waals surface area (Å²) in [6, 6.07) is 9.08. The van der Waals surface area contributed by atoms with Gasteiger partial charge >= 0.3 is 5.97 Å². The molecule has 1 spiro atoms. The van der Waals surface area contributed by atoms with E-state index in [-0.39, 0.29) is 11.4 Å². The fourth-order valence-corrected chi connectivity index (χ4v) is 6.18. The Morgan fingerprint density at radius 1 is 1.36 bits per heavy atom. The number of ether oxygens (including phenoxy) is 1. The van der Waals surface area contributed by atoms with Crippen LogP contribution in [0.25, 0.3) is 0 Å². The summed E-state index contributed by atoms with van der Waals surface area (Å²) in [7, 11) is 1.50. The average molecular weight is 337 g/mol. The van der Waals surface area contributed by atoms with Crippen molar-refractivity contribution in [2.24, 2.45) is 0 Å². The number of quaternary nitrogens is 1. The number of nitrogens with zero attached hydrogens (tertiary/aromatic N) is 1. The monoisotopic (exact) mass is 337 g/mol. The summed E-state index contributed by atoms with van der Waals surface area (Å²) in [5.74, 6) is -0.162. The predicted octanol–water partition coefficient (Wildman–Crippen LogP) is 3.12. The number of hydrogen-bond donors (Lipinski definition) is 1. The van der Waals surface area contributed by atoms with Gasteiger partial charge in [-0.2, -0.15) is 0 Å². The maximum atomic E-state index is 12.7. The molecule has 2 bridgehead atoms. The zero-order valence-corrected chi connectivity index (χ0v) is 15.0. The van der Waals surface area contributed by atoms with Crippen LogP contribution >= 0.6 is 0 Å². The second kappa shape index (κ2) is 4.98. The number of esters is 1. The van der Waals surface area contributed by atoms with Crippen molar-refractivity contribution in [3.05, 3.63) is 52.7 Å². The Hall–Kier alpha value is -2.07. The third-order valence-electron chi connectivity index (χ3n) is 7.03. The van der Waals surface area contributed by atoms with Crippen LogP contribution < -0.4 is 5.32 Å². The SMILES string of the molecule is CCC1=CCC[N@+]23CC[C@]4(C(=C(C(=O)OC)C2)Nc2ccccc24)[C@H]13. The maximum absolute atomic E-state index is 12.7. The molecule has 1 saturated heterocycles. The number of methoxy groups -OCH3 is 1. The third kappa shape index (κ3) is 1.68. The fourth-order valence-electron chi connectivity index (χ4n) is 6.18. The zero-order valence-electron chi connectivity index (χ0n) is 15.0. The number of anilines is 1. The molecule has 0 saturated carbocycles. The van der Waals surface area contributed by atoms with Crippen LogP contribution in [0, 0.1) is 0 Å². The molecule has 25 heavy (non-hydrogen) atoms. The Morgan fingerprint density at radius 3 is 3.00 bits per heavy atom. The lowest BCUT2D eigenvalue weighted by atomic mass is 9.66. The predicted molar refractivity (Wildman–Crippen MR) is 97.0 cm³/mol. The van der Waals surface area contributed by atoms with Crippen LogP contribution in [0.2, 0.25) is 0 Å². The topological polar surface area (TPSA) is 38.3 Å². The van der Waals surface area contributed by atoms with Crippen LogP contribution in [0.15, 0.2) is 47.2 Å². The van der Waals surface area contributed by atoms with Crippen molar-refractivity contribution in [2.45, 2.75) is 37.6 Å². The number of rotatable bonds is 2. The molecular weight excluding hydrogens is 312 g/mol. The molecule has 5 rings (SSSR count). The number of nitrogens with one attached hydrogen (secondary N) is 1. The minimum Gasteiger partial charge on any atom is -0.465 e. The number of fused-ring (bicyclic) bond motifs is 1. The summed E-state index contributed by atoms with van der Waals surface area (Å²) in [6.07, 6.45) is 5.79. The summed E-state index contributed by atoms with van der Waals surface area (Å²) in [5.41, 5.74) is 6.02. The third-order valence-corrected chi connectivity index (χ3v) is 7.03. The van der Waals surface area contributed by atoms with E-state index in [9.17, 15) is 4.79 Å². The van der Waals surface area contributed by atoms with Crippen LogP contribution in [0.3, 0.4) is 0 Å². The smallest absolute Gasteiger partial charge is 0.341 e. The first-order valence-electron chi connectivity index (χ1n) is 9.39. The van der Waals surface area contributed by atoms with Gasteiger partial charge in [-0.25, -0.2) is 4.79 Å². The molecule has 4 nitrogen and oxygen atoms in total. The minimum atomic E-state index is -0.162. The Bertz CT molecular complexity index is 840. The van der Waals surface area contributed by atoms with E-state index in [1.54, 1.807) is 5.57 Å². The number of benzene rings is 1. The molecule has 1 aromatic carbocycles. The van der Waals surface area contributed by atoms with Gasteiger partial charge in [-0.05, 0) is 23.6 Å². The molecular formula is C21H25N2O2+. The van der Waals surface area contributed by atoms with Crippen molar-refractivity contribution < 1.29 is 14.0 Å². The molecule has 0 aromatic heterocycles. The molecule has 4 aliphatic rings. The fraction of sp³-hybridized carbons (Fsp3) is 0.476. The quantitative estimate of drug-likeness (QED) is 0.512. The average Bonchev–Trinajstić information content (AvgIpc) is 3.14. The second-order valence-corrected chi connectivity index (χ2v) is 7.88. The highest BCUT2D eigenvalue weighted by Crippen LogP contribution is 2.61. The van der Waals surface area contributed by atoms with E-state index >= 15 is 0 Å². The van der Waals surface area contributed by atoms with Gasteiger partial charge in [-0.15, -0.1) is 0 Å². The lowest BCUT2D eigenvalue weighted by molar-refractivity contribution is -0.934. The molecule has 1 aromatic rings. The Balaban J connectivity index is 1.82. The molecule has 130 valence electrons. The van der Waals surface area contributed by atoms with E-state index < -0.39 is 0 Å². The van der Waals surface area contributed by atoms with E-state index in [0.717, 1.165) is 54.6 Å². The highest BCUT2D eigenvalue weighted by molar-refractivity contribution is 5.93. The summed E-state index contributed by atoms with van der Waals surface area (Å²) in [6.45, 7) is 5.35. The van der Waals surface area contributed by atoms with E-state index in [2.05, 4.69) is 42.6 Å². The van der Waals surface area contributed by atoms with E-state index in [1.807, 2.05) is 0 Å². The standard InChI is InChI=1S/C21H24N2O2/c1-3-14-7-6-11-23-12-10-21(19(14)23)16-8-4-5-9-17(16)22-18(21)15(13-23)20(24)25-2/h4-5,7-9,19H,3,6,10-13H2,1-2H3/p+1/t19-,21-,23-/m0/s1. The van der Waals surface area contributed by atoms with E-state index in [1.165, 1.54) is 18.4 Å². The van der Waals surface area contributed by atoms with Crippen molar-refractivity contribution in [1.29, 1.82) is 0 Å². The lowest BCUT2D eigenvalue weighted by Gasteiger charge is -2.50. The number of carbonyl (C=O) groups excluding carboxylic acids is 1. The van der Waals surface area contributed by atoms with Gasteiger partial charge in [-0.3, -0.25) is 0 Å². The molecule has 1 fully saturated rings. The van der Waals surface area contributed by atoms with Crippen molar-refractivity contribution in [2.75, 3.05) is 32.1 Å². The van der Waals surface area contributed by atoms with Gasteiger partial charge in [0.05, 0.1) is 25.6 Å². The van der Waals surface area contributed by atoms with E-state index in [0.29, 0.717) is 6.04 Å². The second-order valence-electron chi connectivity index (χ2n) is 7.88. The number of hydrogen-bond acceptors (Lipinski definition) is 3. The van der Waals surface area contributed by atoms with Gasteiger partial charge in [0.25, 0.3) is 0 Å². The molecule has 0 unspecified atom stereocenters. The lowest BCUT2D eigenvalue weighted by Crippen LogP contribution is -2.63. The molecule has 4 heterocycles. The van der Waals surface area contributed by atoms with Gasteiger partial charge in [0.15, 0.2) is 0 Å². The molecule has 4 aliphatic heterocycles. The first kappa shape index (κ1) is 15.2. The van der Waals surface area contributed by atoms with Crippen molar-refractivity contribution in [1.82, 2.24) is 0 Å². The maximum Gasteiger partial charge on any atom is 0.341 e. The Labute approximate surface area is 148 Å². The number of para-hydroxylation sites is 1. The Morgan fingerprint density at radius 2 is 2.20 bits per heavy atom. The molecule has 0 radical (unpaired) electrons. The zero-order chi connectivity index (χ0) is 17.2. The van der Waals surface area contributed by atoms with Crippen molar-refractivity contribution >= 4 is 11.7 Å². The van der Waals surface area contributed by atoms with Crippen molar-refractivity contribution in [3.8, 4) is 0 Å². The van der Waals surface area contributed by atoms with Gasteiger partial charge in [0, 0.05) is 24.2 Å². The van der Waals surface area contributed by atoms with Crippen LogP contribution in [0.4, 0.5) is 5.69 Å². The minimum absolute atomic E-state index is 0.0827. The van der Waals surface area contributed by atoms with Gasteiger partial charge in [0.1, 0.15) is 18.2 Å². The molecule has 4 heteroatoms. The molecule has 0 aliphatic carbocycles. The number of carbonyl (C=O) groups is 1. The van der Waals surface area contributed by atoms with Crippen LogP contribution in [0.1, 0.15) is 31.7 Å². The first-order chi connectivity index (χ1) is 12.2. The van der Waals surface area contributed by atoms with Crippen LogP contribution in [0.5, 0.6) is 0 Å². The summed E-state index contributed by atoms with van der Waals surface area (Å²) >= 11 is 0.